The van der Waals surface area contributed by atoms with Crippen LogP contribution in [-0.2, 0) is 10.0 Å². The summed E-state index contributed by atoms with van der Waals surface area (Å²) in [6.45, 7) is 3.42. The van der Waals surface area contributed by atoms with Gasteiger partial charge >= 0.3 is 0 Å². The van der Waals surface area contributed by atoms with E-state index in [1.807, 2.05) is 0 Å². The fourth-order valence-corrected chi connectivity index (χ4v) is 2.71. The molecule has 0 aliphatic heterocycles. The van der Waals surface area contributed by atoms with E-state index in [4.69, 9.17) is 4.42 Å². The lowest BCUT2D eigenvalue weighted by atomic mass is 10.2. The predicted octanol–water partition coefficient (Wildman–Crippen LogP) is 2.26. The summed E-state index contributed by atoms with van der Waals surface area (Å²) >= 11 is 0. The van der Waals surface area contributed by atoms with Gasteiger partial charge in [0.1, 0.15) is 11.4 Å². The summed E-state index contributed by atoms with van der Waals surface area (Å²) in [4.78, 5) is 0. The maximum Gasteiger partial charge on any atom is 0.274 e. The topological polar surface area (TPSA) is 59.3 Å². The fourth-order valence-electron chi connectivity index (χ4n) is 1.49. The highest BCUT2D eigenvalue weighted by atomic mass is 32.2. The Bertz CT molecular complexity index is 646. The van der Waals surface area contributed by atoms with Gasteiger partial charge in [-0.2, -0.15) is 0 Å². The monoisotopic (exact) mass is 257 g/mol. The van der Waals surface area contributed by atoms with Crippen molar-refractivity contribution in [1.82, 2.24) is 4.72 Å². The molecule has 0 radical (unpaired) electrons. The van der Waals surface area contributed by atoms with Crippen molar-refractivity contribution < 1.29 is 17.2 Å². The van der Waals surface area contributed by atoms with Crippen molar-refractivity contribution in [3.8, 4) is 0 Å². The van der Waals surface area contributed by atoms with Crippen LogP contribution in [0.5, 0.6) is 0 Å². The van der Waals surface area contributed by atoms with E-state index in [1.54, 1.807) is 13.8 Å². The largest absolute Gasteiger partial charge is 0.443 e. The SMILES string of the molecule is CC(C)NS(=O)(=O)c1cc2cc(F)ccc2o1. The zero-order valence-corrected chi connectivity index (χ0v) is 10.2. The minimum absolute atomic E-state index is 0.202. The number of hydrogen-bond donors (Lipinski definition) is 1. The maximum absolute atomic E-state index is 12.9. The molecule has 0 saturated carbocycles. The highest BCUT2D eigenvalue weighted by molar-refractivity contribution is 7.89. The van der Waals surface area contributed by atoms with Gasteiger partial charge in [-0.3, -0.25) is 0 Å². The standard InChI is InChI=1S/C11H12FNO3S/c1-7(2)13-17(14,15)11-6-8-5-9(12)3-4-10(8)16-11/h3-7,13H,1-2H3. The third-order valence-corrected chi connectivity index (χ3v) is 3.62. The predicted molar refractivity (Wildman–Crippen MR) is 61.6 cm³/mol. The normalized spacial score (nSPS) is 12.5. The molecular weight excluding hydrogens is 245 g/mol. The van der Waals surface area contributed by atoms with Crippen LogP contribution in [-0.4, -0.2) is 14.5 Å². The van der Waals surface area contributed by atoms with Crippen LogP contribution >= 0.6 is 0 Å². The molecule has 92 valence electrons. The number of halogens is 1. The number of hydrogen-bond acceptors (Lipinski definition) is 3. The molecule has 0 unspecified atom stereocenters. The second-order valence-corrected chi connectivity index (χ2v) is 5.67. The number of benzene rings is 1. The summed E-state index contributed by atoms with van der Waals surface area (Å²) in [5.41, 5.74) is 0.343. The summed E-state index contributed by atoms with van der Waals surface area (Å²) < 4.78 is 44.1. The van der Waals surface area contributed by atoms with E-state index in [0.29, 0.717) is 11.0 Å². The molecule has 2 aromatic rings. The molecule has 0 amide bonds. The molecule has 1 N–H and O–H groups in total. The van der Waals surface area contributed by atoms with Gasteiger partial charge in [-0.1, -0.05) is 0 Å². The lowest BCUT2D eigenvalue weighted by molar-refractivity contribution is 0.472. The molecule has 0 spiro atoms. The van der Waals surface area contributed by atoms with E-state index < -0.39 is 15.8 Å². The summed E-state index contributed by atoms with van der Waals surface area (Å²) in [7, 11) is -3.67. The van der Waals surface area contributed by atoms with Crippen LogP contribution in [0.25, 0.3) is 11.0 Å². The van der Waals surface area contributed by atoms with E-state index in [2.05, 4.69) is 4.72 Å². The van der Waals surface area contributed by atoms with Gasteiger partial charge in [-0.05, 0) is 32.0 Å². The lowest BCUT2D eigenvalue weighted by Crippen LogP contribution is -2.29. The summed E-state index contributed by atoms with van der Waals surface area (Å²) in [6.07, 6.45) is 0. The van der Waals surface area contributed by atoms with E-state index in [0.717, 1.165) is 0 Å². The summed E-state index contributed by atoms with van der Waals surface area (Å²) in [5, 5.41) is 0.223. The molecule has 4 nitrogen and oxygen atoms in total. The Balaban J connectivity index is 2.50. The van der Waals surface area contributed by atoms with Crippen LogP contribution < -0.4 is 4.72 Å². The minimum atomic E-state index is -3.67. The molecule has 0 aliphatic carbocycles. The number of sulfonamides is 1. The van der Waals surface area contributed by atoms with Crippen LogP contribution in [0.15, 0.2) is 33.8 Å². The number of rotatable bonds is 3. The molecule has 2 rings (SSSR count). The van der Waals surface area contributed by atoms with Gasteiger partial charge in [-0.25, -0.2) is 17.5 Å². The molecule has 0 fully saturated rings. The van der Waals surface area contributed by atoms with E-state index in [9.17, 15) is 12.8 Å². The molecule has 17 heavy (non-hydrogen) atoms. The van der Waals surface area contributed by atoms with Crippen molar-refractivity contribution in [2.24, 2.45) is 0 Å². The van der Waals surface area contributed by atoms with E-state index in [1.165, 1.54) is 24.3 Å². The molecule has 1 heterocycles. The van der Waals surface area contributed by atoms with Gasteiger partial charge in [-0.15, -0.1) is 0 Å². The van der Waals surface area contributed by atoms with Crippen LogP contribution in [0.4, 0.5) is 4.39 Å². The summed E-state index contributed by atoms with van der Waals surface area (Å²) in [5.74, 6) is -0.431. The molecule has 6 heteroatoms. The second-order valence-electron chi connectivity index (χ2n) is 4.02. The molecule has 0 saturated heterocycles. The summed E-state index contributed by atoms with van der Waals surface area (Å²) in [6, 6.07) is 4.93. The zero-order chi connectivity index (χ0) is 12.6. The Morgan fingerprint density at radius 2 is 2.00 bits per heavy atom. The quantitative estimate of drug-likeness (QED) is 0.917. The molecule has 1 aromatic carbocycles. The number of furan rings is 1. The first-order valence-electron chi connectivity index (χ1n) is 5.10. The number of nitrogens with one attached hydrogen (secondary N) is 1. The Kier molecular flexibility index (Phi) is 2.92. The van der Waals surface area contributed by atoms with Gasteiger partial charge in [0.25, 0.3) is 10.0 Å². The van der Waals surface area contributed by atoms with Crippen molar-refractivity contribution >= 4 is 21.0 Å². The molecule has 0 bridgehead atoms. The number of fused-ring (bicyclic) bond motifs is 1. The molecule has 1 aromatic heterocycles. The van der Waals surface area contributed by atoms with Crippen molar-refractivity contribution in [1.29, 1.82) is 0 Å². The van der Waals surface area contributed by atoms with Gasteiger partial charge in [0.05, 0.1) is 0 Å². The first kappa shape index (κ1) is 12.1. The second kappa shape index (κ2) is 4.12. The third kappa shape index (κ3) is 2.48. The van der Waals surface area contributed by atoms with Crippen molar-refractivity contribution in [2.75, 3.05) is 0 Å². The van der Waals surface area contributed by atoms with Crippen LogP contribution in [0, 0.1) is 5.82 Å². The van der Waals surface area contributed by atoms with Gasteiger partial charge in [0.15, 0.2) is 0 Å². The Morgan fingerprint density at radius 1 is 1.29 bits per heavy atom. The van der Waals surface area contributed by atoms with Gasteiger partial charge in [0.2, 0.25) is 5.09 Å². The molecule has 0 atom stereocenters. The third-order valence-electron chi connectivity index (χ3n) is 2.11. The average molecular weight is 257 g/mol. The van der Waals surface area contributed by atoms with Crippen LogP contribution in [0.1, 0.15) is 13.8 Å². The lowest BCUT2D eigenvalue weighted by Gasteiger charge is -2.05. The van der Waals surface area contributed by atoms with Gasteiger partial charge < -0.3 is 4.42 Å². The maximum atomic E-state index is 12.9. The average Bonchev–Trinajstić information content (AvgIpc) is 2.58. The Morgan fingerprint density at radius 3 is 2.65 bits per heavy atom. The van der Waals surface area contributed by atoms with Crippen LogP contribution in [0.3, 0.4) is 0 Å². The fraction of sp³-hybridized carbons (Fsp3) is 0.273. The smallest absolute Gasteiger partial charge is 0.274 e. The Labute approximate surface area is 98.5 Å². The Hall–Kier alpha value is -1.40. The van der Waals surface area contributed by atoms with Crippen molar-refractivity contribution in [2.45, 2.75) is 25.0 Å². The molecular formula is C11H12FNO3S. The van der Waals surface area contributed by atoms with E-state index in [-0.39, 0.29) is 11.1 Å². The van der Waals surface area contributed by atoms with Crippen molar-refractivity contribution in [3.63, 3.8) is 0 Å². The first-order valence-corrected chi connectivity index (χ1v) is 6.58. The van der Waals surface area contributed by atoms with Crippen LogP contribution in [0.2, 0.25) is 0 Å². The van der Waals surface area contributed by atoms with E-state index >= 15 is 0 Å². The van der Waals surface area contributed by atoms with Gasteiger partial charge in [0, 0.05) is 17.5 Å². The molecule has 0 aliphatic rings. The van der Waals surface area contributed by atoms with Crippen molar-refractivity contribution in [3.05, 3.63) is 30.1 Å². The zero-order valence-electron chi connectivity index (χ0n) is 9.40. The first-order chi connectivity index (χ1) is 7.88. The highest BCUT2D eigenvalue weighted by Crippen LogP contribution is 2.23. The highest BCUT2D eigenvalue weighted by Gasteiger charge is 2.20. The minimum Gasteiger partial charge on any atom is -0.443 e.